The van der Waals surface area contributed by atoms with Crippen LogP contribution in [0.4, 0.5) is 0 Å². The second kappa shape index (κ2) is 5.56. The Labute approximate surface area is 70.8 Å². The lowest BCUT2D eigenvalue weighted by Crippen LogP contribution is -2.28. The van der Waals surface area contributed by atoms with E-state index in [2.05, 4.69) is 32.8 Å². The van der Waals surface area contributed by atoms with E-state index in [9.17, 15) is 0 Å². The van der Waals surface area contributed by atoms with E-state index in [1.807, 2.05) is 0 Å². The van der Waals surface area contributed by atoms with Crippen LogP contribution in [0.1, 0.15) is 20.3 Å². The lowest BCUT2D eigenvalue weighted by Gasteiger charge is -2.20. The highest BCUT2D eigenvalue weighted by atomic mass is 15.1. The summed E-state index contributed by atoms with van der Waals surface area (Å²) in [6.07, 6.45) is 1.24. The maximum Gasteiger partial charge on any atom is 0.00157 e. The van der Waals surface area contributed by atoms with Crippen LogP contribution in [0, 0.1) is 11.8 Å². The van der Waals surface area contributed by atoms with Gasteiger partial charge in [0.05, 0.1) is 0 Å². The Morgan fingerprint density at radius 3 is 2.09 bits per heavy atom. The van der Waals surface area contributed by atoms with Crippen LogP contribution in [0.2, 0.25) is 0 Å². The lowest BCUT2D eigenvalue weighted by atomic mass is 9.97. The van der Waals surface area contributed by atoms with Crippen molar-refractivity contribution in [1.82, 2.24) is 4.90 Å². The van der Waals surface area contributed by atoms with Gasteiger partial charge >= 0.3 is 0 Å². The van der Waals surface area contributed by atoms with Crippen LogP contribution in [0.5, 0.6) is 0 Å². The average Bonchev–Trinajstić information content (AvgIpc) is 1.84. The summed E-state index contributed by atoms with van der Waals surface area (Å²) in [6.45, 7) is 6.43. The van der Waals surface area contributed by atoms with Gasteiger partial charge in [-0.25, -0.2) is 0 Å². The Hall–Kier alpha value is -0.0800. The molecule has 2 N–H and O–H groups in total. The van der Waals surface area contributed by atoms with Crippen molar-refractivity contribution in [2.75, 3.05) is 27.2 Å². The highest BCUT2D eigenvalue weighted by Gasteiger charge is 2.09. The fraction of sp³-hybridized carbons (Fsp3) is 1.00. The van der Waals surface area contributed by atoms with Crippen molar-refractivity contribution in [1.29, 1.82) is 0 Å². The van der Waals surface area contributed by atoms with Crippen molar-refractivity contribution in [3.05, 3.63) is 0 Å². The van der Waals surface area contributed by atoms with Crippen LogP contribution in [0.15, 0.2) is 0 Å². The van der Waals surface area contributed by atoms with Crippen molar-refractivity contribution >= 4 is 0 Å². The highest BCUT2D eigenvalue weighted by molar-refractivity contribution is 4.64. The molecule has 2 nitrogen and oxygen atoms in total. The summed E-state index contributed by atoms with van der Waals surface area (Å²) in [5.74, 6) is 1.44. The average molecular weight is 158 g/mol. The maximum atomic E-state index is 5.64. The molecule has 0 heterocycles. The fourth-order valence-electron chi connectivity index (χ4n) is 1.43. The molecule has 0 radical (unpaired) electrons. The van der Waals surface area contributed by atoms with E-state index in [1.165, 1.54) is 6.42 Å². The molecule has 2 heteroatoms. The number of nitrogens with two attached hydrogens (primary N) is 1. The first-order valence-electron chi connectivity index (χ1n) is 4.41. The Kier molecular flexibility index (Phi) is 5.51. The van der Waals surface area contributed by atoms with E-state index in [0.29, 0.717) is 5.92 Å². The number of hydrogen-bond acceptors (Lipinski definition) is 2. The summed E-state index contributed by atoms with van der Waals surface area (Å²) in [5, 5.41) is 0. The van der Waals surface area contributed by atoms with Crippen molar-refractivity contribution < 1.29 is 0 Å². The zero-order chi connectivity index (χ0) is 8.85. The van der Waals surface area contributed by atoms with Crippen LogP contribution in [-0.4, -0.2) is 32.1 Å². The molecule has 0 aliphatic carbocycles. The van der Waals surface area contributed by atoms with Gasteiger partial charge in [-0.2, -0.15) is 0 Å². The molecule has 0 aromatic heterocycles. The first-order valence-corrected chi connectivity index (χ1v) is 4.41. The van der Waals surface area contributed by atoms with Gasteiger partial charge < -0.3 is 10.6 Å². The summed E-state index contributed by atoms with van der Waals surface area (Å²) in [5.41, 5.74) is 5.64. The summed E-state index contributed by atoms with van der Waals surface area (Å²) in [4.78, 5) is 2.21. The Balaban J connectivity index is 3.58. The third-order valence-corrected chi connectivity index (χ3v) is 1.76. The third-order valence-electron chi connectivity index (χ3n) is 1.76. The third kappa shape index (κ3) is 6.32. The normalized spacial score (nSPS) is 14.5. The van der Waals surface area contributed by atoms with Crippen molar-refractivity contribution in [2.24, 2.45) is 17.6 Å². The predicted molar refractivity (Wildman–Crippen MR) is 50.6 cm³/mol. The van der Waals surface area contributed by atoms with Gasteiger partial charge in [0.15, 0.2) is 0 Å². The molecule has 0 fully saturated rings. The first kappa shape index (κ1) is 10.9. The van der Waals surface area contributed by atoms with Gasteiger partial charge in [-0.1, -0.05) is 13.8 Å². The molecule has 0 saturated carbocycles. The summed E-state index contributed by atoms with van der Waals surface area (Å²) >= 11 is 0. The highest BCUT2D eigenvalue weighted by Crippen LogP contribution is 2.10. The Morgan fingerprint density at radius 2 is 1.82 bits per heavy atom. The van der Waals surface area contributed by atoms with Gasteiger partial charge in [0.2, 0.25) is 0 Å². The van der Waals surface area contributed by atoms with E-state index in [4.69, 9.17) is 5.73 Å². The Bertz CT molecular complexity index is 79.6. The molecule has 0 spiro atoms. The summed E-state index contributed by atoms with van der Waals surface area (Å²) in [6, 6.07) is 0. The molecule has 11 heavy (non-hydrogen) atoms. The van der Waals surface area contributed by atoms with Crippen LogP contribution in [0.25, 0.3) is 0 Å². The Morgan fingerprint density at radius 1 is 1.27 bits per heavy atom. The van der Waals surface area contributed by atoms with Crippen LogP contribution >= 0.6 is 0 Å². The smallest absolute Gasteiger partial charge is 0.00157 e. The topological polar surface area (TPSA) is 29.3 Å². The van der Waals surface area contributed by atoms with E-state index >= 15 is 0 Å². The number of rotatable bonds is 5. The second-order valence-electron chi connectivity index (χ2n) is 3.99. The monoisotopic (exact) mass is 158 g/mol. The van der Waals surface area contributed by atoms with Crippen LogP contribution in [-0.2, 0) is 0 Å². The van der Waals surface area contributed by atoms with Crippen LogP contribution in [0.3, 0.4) is 0 Å². The SMILES string of the molecule is CC(C)CC(CN)CN(C)C. The molecular weight excluding hydrogens is 136 g/mol. The zero-order valence-electron chi connectivity index (χ0n) is 8.30. The predicted octanol–water partition coefficient (Wildman–Crippen LogP) is 1.17. The van der Waals surface area contributed by atoms with Gasteiger partial charge in [-0.05, 0) is 38.9 Å². The molecular formula is C9H22N2. The van der Waals surface area contributed by atoms with Gasteiger partial charge in [0.1, 0.15) is 0 Å². The summed E-state index contributed by atoms with van der Waals surface area (Å²) in [7, 11) is 4.20. The molecule has 0 aliphatic heterocycles. The van der Waals surface area contributed by atoms with Crippen molar-refractivity contribution in [3.8, 4) is 0 Å². The molecule has 0 amide bonds. The van der Waals surface area contributed by atoms with E-state index in [-0.39, 0.29) is 0 Å². The second-order valence-corrected chi connectivity index (χ2v) is 3.99. The molecule has 0 aliphatic rings. The molecule has 0 bridgehead atoms. The van der Waals surface area contributed by atoms with Crippen molar-refractivity contribution in [3.63, 3.8) is 0 Å². The van der Waals surface area contributed by atoms with Crippen LogP contribution < -0.4 is 5.73 Å². The van der Waals surface area contributed by atoms with E-state index in [1.54, 1.807) is 0 Å². The zero-order valence-corrected chi connectivity index (χ0v) is 8.30. The molecule has 1 unspecified atom stereocenters. The van der Waals surface area contributed by atoms with Gasteiger partial charge in [-0.3, -0.25) is 0 Å². The molecule has 1 atom stereocenters. The quantitative estimate of drug-likeness (QED) is 0.651. The molecule has 0 aromatic rings. The molecule has 0 rings (SSSR count). The van der Waals surface area contributed by atoms with Crippen molar-refractivity contribution in [2.45, 2.75) is 20.3 Å². The number of nitrogens with zero attached hydrogens (tertiary/aromatic N) is 1. The summed E-state index contributed by atoms with van der Waals surface area (Å²) < 4.78 is 0. The largest absolute Gasteiger partial charge is 0.330 e. The minimum Gasteiger partial charge on any atom is -0.330 e. The standard InChI is InChI=1S/C9H22N2/c1-8(2)5-9(6-10)7-11(3)4/h8-9H,5-7,10H2,1-4H3. The number of hydrogen-bond donors (Lipinski definition) is 1. The first-order chi connectivity index (χ1) is 5.06. The van der Waals surface area contributed by atoms with Gasteiger partial charge in [0, 0.05) is 6.54 Å². The fourth-order valence-corrected chi connectivity index (χ4v) is 1.43. The minimum absolute atomic E-state index is 0.671. The lowest BCUT2D eigenvalue weighted by molar-refractivity contribution is 0.294. The van der Waals surface area contributed by atoms with Gasteiger partial charge in [-0.15, -0.1) is 0 Å². The van der Waals surface area contributed by atoms with E-state index < -0.39 is 0 Å². The molecule has 68 valence electrons. The molecule has 0 saturated heterocycles. The van der Waals surface area contributed by atoms with Gasteiger partial charge in [0.25, 0.3) is 0 Å². The minimum atomic E-state index is 0.671. The maximum absolute atomic E-state index is 5.64. The van der Waals surface area contributed by atoms with E-state index in [0.717, 1.165) is 19.0 Å². The molecule has 0 aromatic carbocycles.